The maximum absolute atomic E-state index is 14.0. The number of benzene rings is 1. The summed E-state index contributed by atoms with van der Waals surface area (Å²) in [5, 5.41) is 11.5. The molecule has 0 spiro atoms. The number of rotatable bonds is 6. The van der Waals surface area contributed by atoms with E-state index in [1.54, 1.807) is 9.47 Å². The molecule has 1 N–H and O–H groups in total. The monoisotopic (exact) mass is 564 g/mol. The standard InChI is InChI=1S/C30H37ClN6O3/c1-5-20-10-8-11-21(6-2)26(20)37-28-23(16-24(31)29(32-28)35-13-9-12-22(38)18-35)27(33-30(37)40)36-15-14-34(17-19(36)4)25(39)7-3/h7-8,10-11,16,19,22,38H,3,5-6,9,12-15,17-18H2,1-2,4H3/t19-,22?/m0/s1. The van der Waals surface area contributed by atoms with E-state index >= 15 is 0 Å². The Balaban J connectivity index is 1.75. The van der Waals surface area contributed by atoms with E-state index in [1.807, 2.05) is 36.1 Å². The molecule has 0 bridgehead atoms. The summed E-state index contributed by atoms with van der Waals surface area (Å²) < 4.78 is 1.64. The predicted molar refractivity (Wildman–Crippen MR) is 160 cm³/mol. The van der Waals surface area contributed by atoms with Gasteiger partial charge < -0.3 is 19.8 Å². The Morgan fingerprint density at radius 3 is 2.48 bits per heavy atom. The molecule has 0 radical (unpaired) electrons. The lowest BCUT2D eigenvalue weighted by Crippen LogP contribution is -2.54. The minimum atomic E-state index is -0.458. The Morgan fingerprint density at radius 1 is 1.12 bits per heavy atom. The summed E-state index contributed by atoms with van der Waals surface area (Å²) in [6, 6.07) is 7.86. The third kappa shape index (κ3) is 5.08. The number of carbonyl (C=O) groups is 1. The first kappa shape index (κ1) is 28.1. The van der Waals surface area contributed by atoms with Crippen LogP contribution in [0.2, 0.25) is 5.02 Å². The quantitative estimate of drug-likeness (QED) is 0.456. The van der Waals surface area contributed by atoms with Gasteiger partial charge in [0.25, 0.3) is 0 Å². The van der Waals surface area contributed by atoms with Crippen LogP contribution in [0, 0.1) is 0 Å². The van der Waals surface area contributed by atoms with Gasteiger partial charge in [0, 0.05) is 38.8 Å². The number of aliphatic hydroxyl groups excluding tert-OH is 1. The van der Waals surface area contributed by atoms with Crippen molar-refractivity contribution in [3.8, 4) is 5.69 Å². The van der Waals surface area contributed by atoms with E-state index in [9.17, 15) is 14.7 Å². The number of aliphatic hydroxyl groups is 1. The van der Waals surface area contributed by atoms with Gasteiger partial charge in [-0.1, -0.05) is 50.2 Å². The van der Waals surface area contributed by atoms with Gasteiger partial charge >= 0.3 is 5.69 Å². The van der Waals surface area contributed by atoms with Crippen LogP contribution in [-0.4, -0.2) is 75.3 Å². The number of anilines is 2. The molecular formula is C30H37ClN6O3. The molecule has 9 nitrogen and oxygen atoms in total. The molecule has 2 aliphatic rings. The highest BCUT2D eigenvalue weighted by molar-refractivity contribution is 6.33. The summed E-state index contributed by atoms with van der Waals surface area (Å²) in [6.07, 6.45) is 3.93. The van der Waals surface area contributed by atoms with E-state index in [2.05, 4.69) is 30.3 Å². The van der Waals surface area contributed by atoms with Crippen LogP contribution in [0.5, 0.6) is 0 Å². The van der Waals surface area contributed by atoms with Crippen molar-refractivity contribution in [3.63, 3.8) is 0 Å². The Kier molecular flexibility index (Phi) is 8.14. The Morgan fingerprint density at radius 2 is 1.85 bits per heavy atom. The van der Waals surface area contributed by atoms with Crippen LogP contribution in [0.25, 0.3) is 16.7 Å². The summed E-state index contributed by atoms with van der Waals surface area (Å²) in [7, 11) is 0. The normalized spacial score (nSPS) is 19.8. The Bertz CT molecular complexity index is 1480. The molecule has 2 saturated heterocycles. The molecule has 212 valence electrons. The number of pyridine rings is 1. The van der Waals surface area contributed by atoms with Crippen molar-refractivity contribution in [2.45, 2.75) is 58.6 Å². The van der Waals surface area contributed by atoms with Crippen molar-refractivity contribution >= 4 is 40.2 Å². The van der Waals surface area contributed by atoms with Gasteiger partial charge in [0.2, 0.25) is 5.91 Å². The Labute approximate surface area is 239 Å². The maximum Gasteiger partial charge on any atom is 0.355 e. The molecule has 3 aromatic rings. The number of piperazine rings is 1. The van der Waals surface area contributed by atoms with E-state index in [-0.39, 0.29) is 11.9 Å². The first-order valence-corrected chi connectivity index (χ1v) is 14.5. The SMILES string of the molecule is C=CC(=O)N1CCN(c2nc(=O)n(-c3c(CC)cccc3CC)c3nc(N4CCCC(O)C4)c(Cl)cc23)[C@@H](C)C1. The van der Waals surface area contributed by atoms with Crippen molar-refractivity contribution in [2.24, 2.45) is 0 Å². The zero-order valence-electron chi connectivity index (χ0n) is 23.4. The fourth-order valence-corrected chi connectivity index (χ4v) is 6.26. The third-order valence-corrected chi connectivity index (χ3v) is 8.33. The number of amides is 1. The summed E-state index contributed by atoms with van der Waals surface area (Å²) in [4.78, 5) is 41.8. The van der Waals surface area contributed by atoms with Gasteiger partial charge in [0.1, 0.15) is 11.6 Å². The molecule has 2 atom stereocenters. The topological polar surface area (TPSA) is 94.8 Å². The Hall–Kier alpha value is -3.43. The van der Waals surface area contributed by atoms with Gasteiger partial charge in [-0.05, 0) is 55.9 Å². The average Bonchev–Trinajstić information content (AvgIpc) is 2.96. The molecule has 10 heteroatoms. The highest BCUT2D eigenvalue weighted by Crippen LogP contribution is 2.35. The van der Waals surface area contributed by atoms with Crippen molar-refractivity contribution in [1.29, 1.82) is 0 Å². The molecule has 40 heavy (non-hydrogen) atoms. The van der Waals surface area contributed by atoms with E-state index in [0.717, 1.165) is 49.0 Å². The summed E-state index contributed by atoms with van der Waals surface area (Å²) in [6.45, 7) is 12.4. The summed E-state index contributed by atoms with van der Waals surface area (Å²) >= 11 is 6.89. The zero-order valence-corrected chi connectivity index (χ0v) is 24.2. The molecular weight excluding hydrogens is 528 g/mol. The number of aryl methyl sites for hydroxylation is 2. The number of fused-ring (bicyclic) bond motifs is 1. The first-order chi connectivity index (χ1) is 19.3. The van der Waals surface area contributed by atoms with Gasteiger partial charge in [0.05, 0.1) is 22.2 Å². The van der Waals surface area contributed by atoms with Crippen LogP contribution < -0.4 is 15.5 Å². The molecule has 2 fully saturated rings. The average molecular weight is 565 g/mol. The smallest absolute Gasteiger partial charge is 0.355 e. The van der Waals surface area contributed by atoms with Gasteiger partial charge in [-0.2, -0.15) is 4.98 Å². The first-order valence-electron chi connectivity index (χ1n) is 14.1. The van der Waals surface area contributed by atoms with Crippen molar-refractivity contribution in [2.75, 3.05) is 42.5 Å². The van der Waals surface area contributed by atoms with Gasteiger partial charge in [-0.25, -0.2) is 14.3 Å². The van der Waals surface area contributed by atoms with Crippen LogP contribution in [0.1, 0.15) is 44.7 Å². The molecule has 2 aliphatic heterocycles. The largest absolute Gasteiger partial charge is 0.391 e. The van der Waals surface area contributed by atoms with Crippen LogP contribution in [-0.2, 0) is 17.6 Å². The zero-order chi connectivity index (χ0) is 28.6. The lowest BCUT2D eigenvalue weighted by molar-refractivity contribution is -0.126. The lowest BCUT2D eigenvalue weighted by Gasteiger charge is -2.40. The number of aromatic nitrogens is 3. The second-order valence-corrected chi connectivity index (χ2v) is 11.0. The van der Waals surface area contributed by atoms with E-state index in [0.29, 0.717) is 53.9 Å². The number of nitrogens with zero attached hydrogens (tertiary/aromatic N) is 6. The van der Waals surface area contributed by atoms with Crippen molar-refractivity contribution in [1.82, 2.24) is 19.4 Å². The second kappa shape index (κ2) is 11.6. The highest BCUT2D eigenvalue weighted by atomic mass is 35.5. The highest BCUT2D eigenvalue weighted by Gasteiger charge is 2.31. The molecule has 0 aliphatic carbocycles. The number of piperidine rings is 1. The number of para-hydroxylation sites is 1. The number of β-amino-alcohol motifs (C(OH)–C–C–N with tert-alkyl or cyclic N) is 1. The van der Waals surface area contributed by atoms with Crippen LogP contribution >= 0.6 is 11.6 Å². The third-order valence-electron chi connectivity index (χ3n) is 8.05. The van der Waals surface area contributed by atoms with Crippen LogP contribution in [0.4, 0.5) is 11.6 Å². The number of halogens is 1. The fourth-order valence-electron chi connectivity index (χ4n) is 5.99. The van der Waals surface area contributed by atoms with Crippen molar-refractivity contribution in [3.05, 3.63) is 63.6 Å². The number of hydrogen-bond acceptors (Lipinski definition) is 7. The molecule has 2 aromatic heterocycles. The molecule has 5 rings (SSSR count). The second-order valence-electron chi connectivity index (χ2n) is 10.6. The minimum Gasteiger partial charge on any atom is -0.391 e. The number of hydrogen-bond donors (Lipinski definition) is 1. The van der Waals surface area contributed by atoms with Crippen LogP contribution in [0.15, 0.2) is 41.7 Å². The molecule has 1 amide bonds. The summed E-state index contributed by atoms with van der Waals surface area (Å²) in [5.41, 5.74) is 2.97. The van der Waals surface area contributed by atoms with Gasteiger partial charge in [-0.15, -0.1) is 0 Å². The molecule has 4 heterocycles. The molecule has 1 unspecified atom stereocenters. The summed E-state index contributed by atoms with van der Waals surface area (Å²) in [5.74, 6) is 0.960. The molecule has 0 saturated carbocycles. The van der Waals surface area contributed by atoms with Gasteiger partial charge in [-0.3, -0.25) is 4.79 Å². The predicted octanol–water partition coefficient (Wildman–Crippen LogP) is 3.74. The van der Waals surface area contributed by atoms with E-state index in [1.165, 1.54) is 6.08 Å². The maximum atomic E-state index is 14.0. The van der Waals surface area contributed by atoms with E-state index < -0.39 is 11.8 Å². The van der Waals surface area contributed by atoms with Crippen molar-refractivity contribution < 1.29 is 9.90 Å². The number of carbonyl (C=O) groups excluding carboxylic acids is 1. The minimum absolute atomic E-state index is 0.0894. The van der Waals surface area contributed by atoms with Crippen LogP contribution in [0.3, 0.4) is 0 Å². The molecule has 1 aromatic carbocycles. The fraction of sp³-hybridized carbons (Fsp3) is 0.467. The van der Waals surface area contributed by atoms with Gasteiger partial charge in [0.15, 0.2) is 5.65 Å². The van der Waals surface area contributed by atoms with E-state index in [4.69, 9.17) is 16.6 Å². The lowest BCUT2D eigenvalue weighted by atomic mass is 10.0.